The molecule has 2 aliphatic rings. The minimum atomic E-state index is -0.0683. The maximum Gasteiger partial charge on any atom is 0.254 e. The molecule has 1 amide bonds. The standard InChI is InChI=1S/C18H21N3O5/c1-11-19-17(26-20-11)12-4-3-5-21(10-12)18(22)13-8-14(23-2)16-15(9-13)24-6-7-25-16/h8-9,12H,3-7,10H2,1-2H3/t12-/m0/s1. The molecule has 0 saturated carbocycles. The second-order valence-electron chi connectivity index (χ2n) is 6.47. The van der Waals surface area contributed by atoms with Gasteiger partial charge in [0.25, 0.3) is 5.91 Å². The summed E-state index contributed by atoms with van der Waals surface area (Å²) in [5, 5.41) is 3.85. The van der Waals surface area contributed by atoms with Gasteiger partial charge in [-0.15, -0.1) is 0 Å². The van der Waals surface area contributed by atoms with E-state index in [9.17, 15) is 4.79 Å². The molecule has 26 heavy (non-hydrogen) atoms. The van der Waals surface area contributed by atoms with Crippen molar-refractivity contribution in [3.05, 3.63) is 29.4 Å². The van der Waals surface area contributed by atoms with E-state index in [0.29, 0.717) is 60.8 Å². The number of aryl methyl sites for hydroxylation is 1. The summed E-state index contributed by atoms with van der Waals surface area (Å²) in [4.78, 5) is 19.2. The summed E-state index contributed by atoms with van der Waals surface area (Å²) in [6, 6.07) is 3.43. The second kappa shape index (κ2) is 6.86. The Balaban J connectivity index is 1.57. The molecule has 1 saturated heterocycles. The highest BCUT2D eigenvalue weighted by Gasteiger charge is 2.30. The molecule has 0 bridgehead atoms. The lowest BCUT2D eigenvalue weighted by Crippen LogP contribution is -2.39. The highest BCUT2D eigenvalue weighted by molar-refractivity contribution is 5.95. The fraction of sp³-hybridized carbons (Fsp3) is 0.500. The average molecular weight is 359 g/mol. The first-order valence-electron chi connectivity index (χ1n) is 8.73. The lowest BCUT2D eigenvalue weighted by molar-refractivity contribution is 0.0694. The molecule has 1 atom stereocenters. The van der Waals surface area contributed by atoms with E-state index >= 15 is 0 Å². The summed E-state index contributed by atoms with van der Waals surface area (Å²) >= 11 is 0. The summed E-state index contributed by atoms with van der Waals surface area (Å²) in [5.74, 6) is 2.80. The van der Waals surface area contributed by atoms with E-state index in [1.807, 2.05) is 4.90 Å². The van der Waals surface area contributed by atoms with Gasteiger partial charge >= 0.3 is 0 Å². The molecule has 1 aromatic heterocycles. The van der Waals surface area contributed by atoms with Crippen LogP contribution in [0.1, 0.15) is 40.8 Å². The van der Waals surface area contributed by atoms with E-state index in [0.717, 1.165) is 12.8 Å². The zero-order valence-corrected chi connectivity index (χ0v) is 14.9. The third-order valence-electron chi connectivity index (χ3n) is 4.68. The number of hydrogen-bond donors (Lipinski definition) is 0. The Kier molecular flexibility index (Phi) is 4.40. The molecule has 8 nitrogen and oxygen atoms in total. The number of ether oxygens (including phenoxy) is 3. The van der Waals surface area contributed by atoms with E-state index in [-0.39, 0.29) is 11.8 Å². The van der Waals surface area contributed by atoms with Crippen LogP contribution in [0, 0.1) is 6.92 Å². The van der Waals surface area contributed by atoms with Crippen LogP contribution in [-0.4, -0.2) is 54.4 Å². The zero-order chi connectivity index (χ0) is 18.1. The molecule has 2 aliphatic heterocycles. The second-order valence-corrected chi connectivity index (χ2v) is 6.47. The lowest BCUT2D eigenvalue weighted by Gasteiger charge is -2.31. The molecule has 4 rings (SSSR count). The van der Waals surface area contributed by atoms with E-state index in [1.54, 1.807) is 26.2 Å². The van der Waals surface area contributed by atoms with E-state index in [2.05, 4.69) is 10.1 Å². The van der Waals surface area contributed by atoms with E-state index in [1.165, 1.54) is 0 Å². The number of likely N-dealkylation sites (tertiary alicyclic amines) is 1. The monoisotopic (exact) mass is 359 g/mol. The smallest absolute Gasteiger partial charge is 0.254 e. The molecule has 3 heterocycles. The van der Waals surface area contributed by atoms with Gasteiger partial charge in [0.15, 0.2) is 17.3 Å². The number of amides is 1. The van der Waals surface area contributed by atoms with Crippen LogP contribution in [-0.2, 0) is 0 Å². The number of nitrogens with zero attached hydrogens (tertiary/aromatic N) is 3. The number of benzene rings is 1. The van der Waals surface area contributed by atoms with Crippen molar-refractivity contribution >= 4 is 5.91 Å². The SMILES string of the molecule is COc1cc(C(=O)N2CCC[C@H](c3nc(C)no3)C2)cc2c1OCCO2. The summed E-state index contributed by atoms with van der Waals surface area (Å²) in [7, 11) is 1.55. The van der Waals surface area contributed by atoms with Crippen LogP contribution in [0.15, 0.2) is 16.7 Å². The molecular weight excluding hydrogens is 338 g/mol. The van der Waals surface area contributed by atoms with Crippen LogP contribution < -0.4 is 14.2 Å². The van der Waals surface area contributed by atoms with Crippen molar-refractivity contribution in [2.45, 2.75) is 25.7 Å². The third-order valence-corrected chi connectivity index (χ3v) is 4.68. The van der Waals surface area contributed by atoms with Crippen molar-refractivity contribution in [3.63, 3.8) is 0 Å². The number of hydrogen-bond acceptors (Lipinski definition) is 7. The number of aromatic nitrogens is 2. The number of piperidine rings is 1. The Labute approximate surface area is 151 Å². The highest BCUT2D eigenvalue weighted by atomic mass is 16.6. The minimum absolute atomic E-state index is 0.0630. The number of rotatable bonds is 3. The van der Waals surface area contributed by atoms with Crippen molar-refractivity contribution in [1.29, 1.82) is 0 Å². The molecule has 2 aromatic rings. The van der Waals surface area contributed by atoms with Gasteiger partial charge in [-0.25, -0.2) is 0 Å². The summed E-state index contributed by atoms with van der Waals surface area (Å²) in [6.07, 6.45) is 1.81. The molecule has 0 radical (unpaired) electrons. The van der Waals surface area contributed by atoms with Crippen molar-refractivity contribution in [2.75, 3.05) is 33.4 Å². The fourth-order valence-corrected chi connectivity index (χ4v) is 3.42. The molecule has 0 spiro atoms. The first kappa shape index (κ1) is 16.7. The number of carbonyl (C=O) groups excluding carboxylic acids is 1. The molecule has 8 heteroatoms. The van der Waals surface area contributed by atoms with Gasteiger partial charge < -0.3 is 23.6 Å². The topological polar surface area (TPSA) is 86.9 Å². The Morgan fingerprint density at radius 1 is 1.31 bits per heavy atom. The Bertz CT molecular complexity index is 802. The van der Waals surface area contributed by atoms with Gasteiger partial charge in [-0.3, -0.25) is 4.79 Å². The predicted octanol–water partition coefficient (Wildman–Crippen LogP) is 2.18. The van der Waals surface area contributed by atoms with Crippen LogP contribution in [0.5, 0.6) is 17.2 Å². The largest absolute Gasteiger partial charge is 0.493 e. The first-order chi connectivity index (χ1) is 12.7. The maximum absolute atomic E-state index is 13.0. The van der Waals surface area contributed by atoms with E-state index in [4.69, 9.17) is 18.7 Å². The van der Waals surface area contributed by atoms with Gasteiger partial charge in [-0.05, 0) is 31.9 Å². The third kappa shape index (κ3) is 3.07. The molecule has 1 fully saturated rings. The summed E-state index contributed by atoms with van der Waals surface area (Å²) < 4.78 is 21.9. The molecule has 138 valence electrons. The molecule has 0 unspecified atom stereocenters. The van der Waals surface area contributed by atoms with Crippen LogP contribution >= 0.6 is 0 Å². The zero-order valence-electron chi connectivity index (χ0n) is 14.9. The number of fused-ring (bicyclic) bond motifs is 1. The Morgan fingerprint density at radius 2 is 2.15 bits per heavy atom. The molecule has 0 aliphatic carbocycles. The van der Waals surface area contributed by atoms with Crippen LogP contribution in [0.2, 0.25) is 0 Å². The average Bonchev–Trinajstić information content (AvgIpc) is 3.13. The molecule has 1 aromatic carbocycles. The predicted molar refractivity (Wildman–Crippen MR) is 90.9 cm³/mol. The van der Waals surface area contributed by atoms with Crippen LogP contribution in [0.3, 0.4) is 0 Å². The summed E-state index contributed by atoms with van der Waals surface area (Å²) in [5.41, 5.74) is 0.522. The van der Waals surface area contributed by atoms with Crippen molar-refractivity contribution < 1.29 is 23.5 Å². The number of carbonyl (C=O) groups is 1. The molecule has 0 N–H and O–H groups in total. The fourth-order valence-electron chi connectivity index (χ4n) is 3.42. The quantitative estimate of drug-likeness (QED) is 0.830. The Morgan fingerprint density at radius 3 is 2.92 bits per heavy atom. The van der Waals surface area contributed by atoms with Crippen molar-refractivity contribution in [3.8, 4) is 17.2 Å². The highest BCUT2D eigenvalue weighted by Crippen LogP contribution is 2.41. The van der Waals surface area contributed by atoms with Crippen molar-refractivity contribution in [1.82, 2.24) is 15.0 Å². The maximum atomic E-state index is 13.0. The lowest BCUT2D eigenvalue weighted by atomic mass is 9.97. The molecular formula is C18H21N3O5. The van der Waals surface area contributed by atoms with Gasteiger partial charge in [0.2, 0.25) is 11.6 Å². The summed E-state index contributed by atoms with van der Waals surface area (Å²) in [6.45, 7) is 3.96. The van der Waals surface area contributed by atoms with E-state index < -0.39 is 0 Å². The van der Waals surface area contributed by atoms with Crippen LogP contribution in [0.4, 0.5) is 0 Å². The van der Waals surface area contributed by atoms with Gasteiger partial charge in [-0.1, -0.05) is 5.16 Å². The van der Waals surface area contributed by atoms with Gasteiger partial charge in [0.1, 0.15) is 13.2 Å². The van der Waals surface area contributed by atoms with Gasteiger partial charge in [0.05, 0.1) is 13.0 Å². The van der Waals surface area contributed by atoms with Gasteiger partial charge in [0, 0.05) is 18.7 Å². The Hall–Kier alpha value is -2.77. The number of methoxy groups -OCH3 is 1. The van der Waals surface area contributed by atoms with Crippen LogP contribution in [0.25, 0.3) is 0 Å². The normalized spacial score (nSPS) is 19.3. The van der Waals surface area contributed by atoms with Crippen molar-refractivity contribution in [2.24, 2.45) is 0 Å². The van der Waals surface area contributed by atoms with Gasteiger partial charge in [-0.2, -0.15) is 4.98 Å². The first-order valence-corrected chi connectivity index (χ1v) is 8.73. The minimum Gasteiger partial charge on any atom is -0.493 e.